The maximum absolute atomic E-state index is 14.7. The van der Waals surface area contributed by atoms with Crippen LogP contribution in [0, 0.1) is 11.8 Å². The number of Topliss-reactive ketones (excluding diaryl/α,β-unsaturated/α-hetero) is 1. The van der Waals surface area contributed by atoms with E-state index in [0.717, 1.165) is 16.5 Å². The minimum absolute atomic E-state index is 0.0507. The summed E-state index contributed by atoms with van der Waals surface area (Å²) in [6.07, 6.45) is 5.54. The Bertz CT molecular complexity index is 1290. The second kappa shape index (κ2) is 9.09. The molecule has 4 heterocycles. The zero-order valence-corrected chi connectivity index (χ0v) is 17.6. The average Bonchev–Trinajstić information content (AvgIpc) is 3.15. The molecule has 0 saturated heterocycles. The van der Waals surface area contributed by atoms with Crippen LogP contribution in [0.25, 0.3) is 11.0 Å². The molecule has 0 saturated carbocycles. The van der Waals surface area contributed by atoms with E-state index in [1.54, 1.807) is 24.5 Å². The summed E-state index contributed by atoms with van der Waals surface area (Å²) in [5, 5.41) is 3.81. The van der Waals surface area contributed by atoms with E-state index in [0.29, 0.717) is 35.4 Å². The third-order valence-corrected chi connectivity index (χ3v) is 4.96. The van der Waals surface area contributed by atoms with Crippen molar-refractivity contribution >= 4 is 22.6 Å². The van der Waals surface area contributed by atoms with Gasteiger partial charge in [-0.1, -0.05) is 6.07 Å². The number of methoxy groups -OCH3 is 1. The molecule has 32 heavy (non-hydrogen) atoms. The Hall–Kier alpha value is -3.88. The van der Waals surface area contributed by atoms with Crippen LogP contribution in [0.2, 0.25) is 0 Å². The van der Waals surface area contributed by atoms with Gasteiger partial charge in [0.1, 0.15) is 17.2 Å². The second-order valence-corrected chi connectivity index (χ2v) is 7.44. The van der Waals surface area contributed by atoms with E-state index in [1.807, 2.05) is 6.07 Å². The number of carbonyl (C=O) groups excluding carboxylic acids is 1. The molecule has 0 amide bonds. The van der Waals surface area contributed by atoms with E-state index in [-0.39, 0.29) is 18.2 Å². The van der Waals surface area contributed by atoms with Gasteiger partial charge in [0, 0.05) is 48.9 Å². The number of pyridine rings is 3. The fourth-order valence-electron chi connectivity index (χ4n) is 3.43. The quantitative estimate of drug-likeness (QED) is 0.405. The Balaban J connectivity index is 1.48. The van der Waals surface area contributed by atoms with Crippen molar-refractivity contribution in [2.45, 2.75) is 26.3 Å². The number of ether oxygens (including phenoxy) is 1. The van der Waals surface area contributed by atoms with E-state index >= 15 is 0 Å². The molecule has 164 valence electrons. The summed E-state index contributed by atoms with van der Waals surface area (Å²) in [5.41, 5.74) is 3.35. The lowest BCUT2D eigenvalue weighted by Gasteiger charge is -2.09. The standard InChI is InChI=1S/C23H21F2N5O2/c1-13(31)5-14-6-18-17(12-28-22(18)27-9-14)8-16-3-4-20(30-21(16)25)26-10-15-7-19(24)23(32-2)29-11-15/h3-4,6-7,9,11-12H,5,8,10H2,1-2H3,(H,26,30)(H,27,28). The molecule has 4 aromatic rings. The molecule has 0 aliphatic heterocycles. The molecule has 4 aromatic heterocycles. The highest BCUT2D eigenvalue weighted by Crippen LogP contribution is 2.23. The monoisotopic (exact) mass is 437 g/mol. The van der Waals surface area contributed by atoms with Crippen molar-refractivity contribution in [1.82, 2.24) is 19.9 Å². The molecule has 0 spiro atoms. The van der Waals surface area contributed by atoms with Gasteiger partial charge in [-0.2, -0.15) is 4.39 Å². The number of nitrogens with one attached hydrogen (secondary N) is 2. The van der Waals surface area contributed by atoms with Gasteiger partial charge >= 0.3 is 0 Å². The molecule has 0 aliphatic rings. The van der Waals surface area contributed by atoms with Crippen molar-refractivity contribution < 1.29 is 18.3 Å². The minimum Gasteiger partial charge on any atom is -0.479 e. The second-order valence-electron chi connectivity index (χ2n) is 7.44. The first-order chi connectivity index (χ1) is 15.4. The lowest BCUT2D eigenvalue weighted by molar-refractivity contribution is -0.116. The number of carbonyl (C=O) groups is 1. The van der Waals surface area contributed by atoms with Crippen LogP contribution < -0.4 is 10.1 Å². The number of hydrogen-bond donors (Lipinski definition) is 2. The van der Waals surface area contributed by atoms with Crippen LogP contribution in [-0.4, -0.2) is 32.8 Å². The highest BCUT2D eigenvalue weighted by Gasteiger charge is 2.12. The van der Waals surface area contributed by atoms with E-state index in [1.165, 1.54) is 26.3 Å². The largest absolute Gasteiger partial charge is 0.479 e. The topological polar surface area (TPSA) is 92.8 Å². The Morgan fingerprint density at radius 2 is 1.94 bits per heavy atom. The molecule has 7 nitrogen and oxygen atoms in total. The first kappa shape index (κ1) is 21.4. The van der Waals surface area contributed by atoms with Crippen molar-refractivity contribution in [3.8, 4) is 5.88 Å². The van der Waals surface area contributed by atoms with E-state index < -0.39 is 11.8 Å². The van der Waals surface area contributed by atoms with Gasteiger partial charge in [-0.05, 0) is 41.8 Å². The molecule has 0 fully saturated rings. The third-order valence-electron chi connectivity index (χ3n) is 4.96. The van der Waals surface area contributed by atoms with Crippen LogP contribution in [0.1, 0.15) is 29.2 Å². The molecule has 0 bridgehead atoms. The van der Waals surface area contributed by atoms with Crippen LogP contribution in [0.4, 0.5) is 14.6 Å². The van der Waals surface area contributed by atoms with Gasteiger partial charge < -0.3 is 15.0 Å². The smallest absolute Gasteiger partial charge is 0.250 e. The molecule has 0 unspecified atom stereocenters. The summed E-state index contributed by atoms with van der Waals surface area (Å²) in [4.78, 5) is 26.7. The van der Waals surface area contributed by atoms with Gasteiger partial charge in [0.05, 0.1) is 7.11 Å². The zero-order chi connectivity index (χ0) is 22.7. The number of halogens is 2. The van der Waals surface area contributed by atoms with Crippen LogP contribution in [0.3, 0.4) is 0 Å². The molecular weight excluding hydrogens is 416 g/mol. The zero-order valence-electron chi connectivity index (χ0n) is 17.6. The summed E-state index contributed by atoms with van der Waals surface area (Å²) in [5.74, 6) is -0.873. The Labute approximate surface area is 182 Å². The molecular formula is C23H21F2N5O2. The molecule has 9 heteroatoms. The number of aromatic amines is 1. The number of rotatable bonds is 8. The molecule has 0 radical (unpaired) electrons. The molecule has 0 aromatic carbocycles. The highest BCUT2D eigenvalue weighted by atomic mass is 19.1. The number of ketones is 1. The van der Waals surface area contributed by atoms with Gasteiger partial charge in [-0.25, -0.2) is 19.3 Å². The Morgan fingerprint density at radius 3 is 2.66 bits per heavy atom. The van der Waals surface area contributed by atoms with E-state index in [9.17, 15) is 13.6 Å². The summed E-state index contributed by atoms with van der Waals surface area (Å²) in [6.45, 7) is 1.76. The SMILES string of the molecule is COc1ncc(CNc2ccc(Cc3c[nH]c4ncc(CC(C)=O)cc34)c(F)n2)cc1F. The third kappa shape index (κ3) is 4.72. The van der Waals surface area contributed by atoms with Crippen LogP contribution >= 0.6 is 0 Å². The summed E-state index contributed by atoms with van der Waals surface area (Å²) in [6, 6.07) is 6.52. The number of aromatic nitrogens is 4. The average molecular weight is 437 g/mol. The van der Waals surface area contributed by atoms with E-state index in [4.69, 9.17) is 4.74 Å². The predicted octanol–water partition coefficient (Wildman–Crippen LogP) is 3.97. The Morgan fingerprint density at radius 1 is 1.12 bits per heavy atom. The molecule has 0 aliphatic carbocycles. The highest BCUT2D eigenvalue weighted by molar-refractivity contribution is 5.83. The summed E-state index contributed by atoms with van der Waals surface area (Å²) < 4.78 is 33.2. The van der Waals surface area contributed by atoms with E-state index in [2.05, 4.69) is 25.3 Å². The first-order valence-corrected chi connectivity index (χ1v) is 9.95. The maximum Gasteiger partial charge on any atom is 0.250 e. The minimum atomic E-state index is -0.601. The number of H-pyrrole nitrogens is 1. The van der Waals surface area contributed by atoms with Crippen molar-refractivity contribution in [1.29, 1.82) is 0 Å². The lowest BCUT2D eigenvalue weighted by Crippen LogP contribution is -2.05. The first-order valence-electron chi connectivity index (χ1n) is 9.95. The number of anilines is 1. The van der Waals surface area contributed by atoms with Crippen LogP contribution in [-0.2, 0) is 24.2 Å². The fraction of sp³-hybridized carbons (Fsp3) is 0.217. The normalized spacial score (nSPS) is 11.0. The van der Waals surface area contributed by atoms with Crippen molar-refractivity contribution in [3.63, 3.8) is 0 Å². The molecule has 0 atom stereocenters. The van der Waals surface area contributed by atoms with Gasteiger partial charge in [0.15, 0.2) is 5.82 Å². The van der Waals surface area contributed by atoms with Crippen LogP contribution in [0.5, 0.6) is 5.88 Å². The van der Waals surface area contributed by atoms with Gasteiger partial charge in [0.25, 0.3) is 0 Å². The number of nitrogens with zero attached hydrogens (tertiary/aromatic N) is 3. The fourth-order valence-corrected chi connectivity index (χ4v) is 3.43. The van der Waals surface area contributed by atoms with Crippen LogP contribution in [0.15, 0.2) is 42.9 Å². The van der Waals surface area contributed by atoms with Crippen molar-refractivity contribution in [2.24, 2.45) is 0 Å². The number of fused-ring (bicyclic) bond motifs is 1. The Kier molecular flexibility index (Phi) is 6.07. The summed E-state index contributed by atoms with van der Waals surface area (Å²) >= 11 is 0. The molecule has 4 rings (SSSR count). The van der Waals surface area contributed by atoms with Gasteiger partial charge in [-0.3, -0.25) is 4.79 Å². The number of hydrogen-bond acceptors (Lipinski definition) is 6. The molecule has 2 N–H and O–H groups in total. The van der Waals surface area contributed by atoms with Crippen molar-refractivity contribution in [3.05, 3.63) is 76.9 Å². The van der Waals surface area contributed by atoms with Gasteiger partial charge in [-0.15, -0.1) is 0 Å². The summed E-state index contributed by atoms with van der Waals surface area (Å²) in [7, 11) is 1.34. The lowest BCUT2D eigenvalue weighted by atomic mass is 10.0. The maximum atomic E-state index is 14.7. The van der Waals surface area contributed by atoms with Gasteiger partial charge in [0.2, 0.25) is 11.8 Å². The van der Waals surface area contributed by atoms with Crippen molar-refractivity contribution in [2.75, 3.05) is 12.4 Å². The predicted molar refractivity (Wildman–Crippen MR) is 116 cm³/mol.